The number of para-hydroxylation sites is 1. The van der Waals surface area contributed by atoms with Crippen molar-refractivity contribution in [3.63, 3.8) is 0 Å². The van der Waals surface area contributed by atoms with Gasteiger partial charge in [-0.15, -0.1) is 0 Å². The lowest BCUT2D eigenvalue weighted by Gasteiger charge is -2.18. The van der Waals surface area contributed by atoms with E-state index in [2.05, 4.69) is 0 Å². The Bertz CT molecular complexity index is 563. The molecule has 0 amide bonds. The van der Waals surface area contributed by atoms with Gasteiger partial charge in [0.2, 0.25) is 5.78 Å². The summed E-state index contributed by atoms with van der Waals surface area (Å²) >= 11 is 0. The summed E-state index contributed by atoms with van der Waals surface area (Å²) in [5.74, 6) is 0.520. The molecule has 0 radical (unpaired) electrons. The predicted octanol–water partition coefficient (Wildman–Crippen LogP) is 3.22. The zero-order valence-corrected chi connectivity index (χ0v) is 11.5. The molecule has 3 heteroatoms. The molecular weight excluding hydrogens is 252 g/mol. The van der Waals surface area contributed by atoms with Crippen molar-refractivity contribution >= 4 is 5.78 Å². The van der Waals surface area contributed by atoms with Crippen LogP contribution in [-0.2, 0) is 6.61 Å². The van der Waals surface area contributed by atoms with Gasteiger partial charge in [-0.25, -0.2) is 0 Å². The number of ether oxygens (including phenoxy) is 1. The third-order valence-corrected chi connectivity index (χ3v) is 3.13. The molecule has 0 saturated carbocycles. The molecule has 20 heavy (non-hydrogen) atoms. The van der Waals surface area contributed by atoms with Crippen molar-refractivity contribution < 1.29 is 14.6 Å². The number of aliphatic hydroxyl groups is 1. The average Bonchev–Trinajstić information content (AvgIpc) is 2.53. The number of hydrogen-bond acceptors (Lipinski definition) is 3. The highest BCUT2D eigenvalue weighted by Gasteiger charge is 2.20. The fraction of sp³-hybridized carbons (Fsp3) is 0.235. The first-order valence-electron chi connectivity index (χ1n) is 6.71. The molecular formula is C17H18O3. The SMILES string of the molecule is CCC(Oc1ccccc1CO)C(=O)c1ccccc1. The van der Waals surface area contributed by atoms with Gasteiger partial charge in [-0.3, -0.25) is 4.79 Å². The second-order valence-electron chi connectivity index (χ2n) is 4.51. The third kappa shape index (κ3) is 3.25. The summed E-state index contributed by atoms with van der Waals surface area (Å²) in [5, 5.41) is 9.29. The molecule has 0 bridgehead atoms. The normalized spacial score (nSPS) is 11.9. The molecule has 1 atom stereocenters. The van der Waals surface area contributed by atoms with Gasteiger partial charge in [-0.1, -0.05) is 55.5 Å². The summed E-state index contributed by atoms with van der Waals surface area (Å²) in [7, 11) is 0. The molecule has 2 aromatic rings. The Kier molecular flexibility index (Phi) is 4.91. The van der Waals surface area contributed by atoms with E-state index in [4.69, 9.17) is 4.74 Å². The van der Waals surface area contributed by atoms with Gasteiger partial charge in [0.25, 0.3) is 0 Å². The standard InChI is InChI=1S/C17H18O3/c1-2-15(17(19)13-8-4-3-5-9-13)20-16-11-7-6-10-14(16)12-18/h3-11,15,18H,2,12H2,1H3. The molecule has 0 aromatic heterocycles. The van der Waals surface area contributed by atoms with Crippen LogP contribution in [0.4, 0.5) is 0 Å². The minimum Gasteiger partial charge on any atom is -0.482 e. The summed E-state index contributed by atoms with van der Waals surface area (Å²) in [5.41, 5.74) is 1.33. The van der Waals surface area contributed by atoms with E-state index in [1.54, 1.807) is 24.3 Å². The molecule has 104 valence electrons. The van der Waals surface area contributed by atoms with Crippen LogP contribution in [0.1, 0.15) is 29.3 Å². The van der Waals surface area contributed by atoms with Gasteiger partial charge in [0.15, 0.2) is 6.10 Å². The van der Waals surface area contributed by atoms with Crippen LogP contribution in [0.5, 0.6) is 5.75 Å². The second kappa shape index (κ2) is 6.87. The van der Waals surface area contributed by atoms with Gasteiger partial charge >= 0.3 is 0 Å². The fourth-order valence-corrected chi connectivity index (χ4v) is 2.01. The maximum atomic E-state index is 12.4. The zero-order valence-electron chi connectivity index (χ0n) is 11.5. The van der Waals surface area contributed by atoms with E-state index < -0.39 is 6.10 Å². The summed E-state index contributed by atoms with van der Waals surface area (Å²) in [4.78, 5) is 12.4. The summed E-state index contributed by atoms with van der Waals surface area (Å²) in [6, 6.07) is 16.3. The Morgan fingerprint density at radius 2 is 1.75 bits per heavy atom. The average molecular weight is 270 g/mol. The smallest absolute Gasteiger partial charge is 0.203 e. The van der Waals surface area contributed by atoms with E-state index in [9.17, 15) is 9.90 Å². The Balaban J connectivity index is 2.19. The molecule has 2 rings (SSSR count). The van der Waals surface area contributed by atoms with Gasteiger partial charge in [0.05, 0.1) is 6.61 Å². The lowest BCUT2D eigenvalue weighted by atomic mass is 10.0. The Morgan fingerprint density at radius 1 is 1.10 bits per heavy atom. The van der Waals surface area contributed by atoms with Crippen LogP contribution in [0, 0.1) is 0 Å². The van der Waals surface area contributed by atoms with Crippen LogP contribution >= 0.6 is 0 Å². The third-order valence-electron chi connectivity index (χ3n) is 3.13. The largest absolute Gasteiger partial charge is 0.482 e. The number of carbonyl (C=O) groups excluding carboxylic acids is 1. The summed E-state index contributed by atoms with van der Waals surface area (Å²) in [6.07, 6.45) is 0.0399. The molecule has 0 heterocycles. The molecule has 0 aliphatic heterocycles. The summed E-state index contributed by atoms with van der Waals surface area (Å²) < 4.78 is 5.79. The van der Waals surface area contributed by atoms with Crippen LogP contribution in [0.2, 0.25) is 0 Å². The molecule has 0 spiro atoms. The first-order chi connectivity index (χ1) is 9.76. The van der Waals surface area contributed by atoms with Crippen LogP contribution in [0.15, 0.2) is 54.6 Å². The number of benzene rings is 2. The van der Waals surface area contributed by atoms with E-state index in [-0.39, 0.29) is 12.4 Å². The molecule has 0 fully saturated rings. The van der Waals surface area contributed by atoms with Gasteiger partial charge in [-0.05, 0) is 12.5 Å². The van der Waals surface area contributed by atoms with Crippen molar-refractivity contribution in [1.82, 2.24) is 0 Å². The van der Waals surface area contributed by atoms with Crippen molar-refractivity contribution in [1.29, 1.82) is 0 Å². The highest BCUT2D eigenvalue weighted by Crippen LogP contribution is 2.21. The number of rotatable bonds is 6. The van der Waals surface area contributed by atoms with Gasteiger partial charge in [0, 0.05) is 11.1 Å². The van der Waals surface area contributed by atoms with Gasteiger partial charge in [-0.2, -0.15) is 0 Å². The minimum atomic E-state index is -0.537. The molecule has 0 aliphatic rings. The highest BCUT2D eigenvalue weighted by molar-refractivity contribution is 5.99. The highest BCUT2D eigenvalue weighted by atomic mass is 16.5. The van der Waals surface area contributed by atoms with E-state index in [0.717, 1.165) is 0 Å². The molecule has 0 saturated heterocycles. The lowest BCUT2D eigenvalue weighted by molar-refractivity contribution is 0.0782. The van der Waals surface area contributed by atoms with Crippen molar-refractivity contribution in [2.24, 2.45) is 0 Å². The topological polar surface area (TPSA) is 46.5 Å². The zero-order chi connectivity index (χ0) is 14.4. The van der Waals surface area contributed by atoms with Gasteiger partial charge < -0.3 is 9.84 Å². The molecule has 2 aromatic carbocycles. The molecule has 1 unspecified atom stereocenters. The second-order valence-corrected chi connectivity index (χ2v) is 4.51. The van der Waals surface area contributed by atoms with Crippen LogP contribution in [-0.4, -0.2) is 17.0 Å². The quantitative estimate of drug-likeness (QED) is 0.820. The van der Waals surface area contributed by atoms with Crippen molar-refractivity contribution in [2.45, 2.75) is 26.1 Å². The summed E-state index contributed by atoms with van der Waals surface area (Å²) in [6.45, 7) is 1.80. The number of ketones is 1. The van der Waals surface area contributed by atoms with E-state index in [0.29, 0.717) is 23.3 Å². The number of aliphatic hydroxyl groups excluding tert-OH is 1. The van der Waals surface area contributed by atoms with Crippen molar-refractivity contribution in [3.8, 4) is 5.75 Å². The van der Waals surface area contributed by atoms with E-state index >= 15 is 0 Å². The fourth-order valence-electron chi connectivity index (χ4n) is 2.01. The van der Waals surface area contributed by atoms with E-state index in [1.165, 1.54) is 0 Å². The Labute approximate surface area is 118 Å². The van der Waals surface area contributed by atoms with Crippen LogP contribution in [0.3, 0.4) is 0 Å². The Hall–Kier alpha value is -2.13. The van der Waals surface area contributed by atoms with Crippen LogP contribution in [0.25, 0.3) is 0 Å². The Morgan fingerprint density at radius 3 is 2.40 bits per heavy atom. The first kappa shape index (κ1) is 14.3. The number of carbonyl (C=O) groups is 1. The van der Waals surface area contributed by atoms with E-state index in [1.807, 2.05) is 37.3 Å². The van der Waals surface area contributed by atoms with Crippen molar-refractivity contribution in [2.75, 3.05) is 0 Å². The number of Topliss-reactive ketones (excluding diaryl/α,β-unsaturated/α-hetero) is 1. The molecule has 0 aliphatic carbocycles. The predicted molar refractivity (Wildman–Crippen MR) is 77.8 cm³/mol. The maximum absolute atomic E-state index is 12.4. The lowest BCUT2D eigenvalue weighted by Crippen LogP contribution is -2.27. The number of hydrogen-bond donors (Lipinski definition) is 1. The van der Waals surface area contributed by atoms with Crippen LogP contribution < -0.4 is 4.74 Å². The monoisotopic (exact) mass is 270 g/mol. The molecule has 3 nitrogen and oxygen atoms in total. The minimum absolute atomic E-state index is 0.0409. The maximum Gasteiger partial charge on any atom is 0.203 e. The van der Waals surface area contributed by atoms with Crippen molar-refractivity contribution in [3.05, 3.63) is 65.7 Å². The molecule has 1 N–H and O–H groups in total. The first-order valence-corrected chi connectivity index (χ1v) is 6.71. The van der Waals surface area contributed by atoms with Gasteiger partial charge in [0.1, 0.15) is 5.75 Å².